The number of amides is 2. The summed E-state index contributed by atoms with van der Waals surface area (Å²) in [7, 11) is 1.50. The molecule has 1 aromatic rings. The second-order valence-electron chi connectivity index (χ2n) is 5.30. The van der Waals surface area contributed by atoms with Crippen molar-refractivity contribution >= 4 is 35.1 Å². The maximum absolute atomic E-state index is 12.4. The second-order valence-corrected chi connectivity index (χ2v) is 5.70. The first-order chi connectivity index (χ1) is 10.9. The molecule has 7 nitrogen and oxygen atoms in total. The number of hydrogen-bond donors (Lipinski definition) is 3. The summed E-state index contributed by atoms with van der Waals surface area (Å²) < 4.78 is 5.01. The number of carbonyl (C=O) groups is 3. The molecule has 0 bridgehead atoms. The average Bonchev–Trinajstić information content (AvgIpc) is 2.44. The van der Waals surface area contributed by atoms with Crippen LogP contribution in [0.25, 0.3) is 0 Å². The topological polar surface area (TPSA) is 105 Å². The van der Waals surface area contributed by atoms with E-state index in [-0.39, 0.29) is 22.6 Å². The second kappa shape index (κ2) is 6.87. The fraction of sp³-hybridized carbons (Fsp3) is 0.400. The maximum Gasteiger partial charge on any atom is 0.341 e. The molecule has 0 saturated heterocycles. The Bertz CT molecular complexity index is 643. The predicted molar refractivity (Wildman–Crippen MR) is 83.6 cm³/mol. The molecule has 0 spiro atoms. The molecular formula is C15H17ClN2O5. The lowest BCUT2D eigenvalue weighted by atomic mass is 9.67. The Morgan fingerprint density at radius 3 is 2.48 bits per heavy atom. The normalized spacial score (nSPS) is 15.2. The molecule has 3 N–H and O–H groups in total. The van der Waals surface area contributed by atoms with E-state index in [1.54, 1.807) is 0 Å². The van der Waals surface area contributed by atoms with Gasteiger partial charge in [0.05, 0.1) is 5.02 Å². The van der Waals surface area contributed by atoms with Crippen molar-refractivity contribution in [2.75, 3.05) is 19.0 Å². The van der Waals surface area contributed by atoms with Crippen molar-refractivity contribution in [3.8, 4) is 5.75 Å². The number of carbonyl (C=O) groups excluding carboxylic acids is 2. The molecule has 0 heterocycles. The van der Waals surface area contributed by atoms with E-state index in [1.807, 2.05) is 0 Å². The van der Waals surface area contributed by atoms with Crippen molar-refractivity contribution in [2.24, 2.45) is 5.41 Å². The van der Waals surface area contributed by atoms with Crippen molar-refractivity contribution in [3.05, 3.63) is 23.2 Å². The monoisotopic (exact) mass is 340 g/mol. The molecule has 0 radical (unpaired) electrons. The van der Waals surface area contributed by atoms with E-state index in [4.69, 9.17) is 21.4 Å². The van der Waals surface area contributed by atoms with Crippen molar-refractivity contribution in [1.82, 2.24) is 5.32 Å². The minimum absolute atomic E-state index is 0.173. The number of halogens is 1. The molecule has 124 valence electrons. The number of carboxylic acid groups (broad SMARTS) is 1. The third kappa shape index (κ3) is 3.56. The largest absolute Gasteiger partial charge is 0.480 e. The van der Waals surface area contributed by atoms with E-state index >= 15 is 0 Å². The summed E-state index contributed by atoms with van der Waals surface area (Å²) in [6.45, 7) is -0.509. The lowest BCUT2D eigenvalue weighted by Crippen LogP contribution is -2.52. The Hall–Kier alpha value is -2.28. The van der Waals surface area contributed by atoms with Gasteiger partial charge in [-0.3, -0.25) is 9.59 Å². The van der Waals surface area contributed by atoms with E-state index in [1.165, 1.54) is 25.2 Å². The lowest BCUT2D eigenvalue weighted by Gasteiger charge is -2.38. The summed E-state index contributed by atoms with van der Waals surface area (Å²) in [6, 6.07) is 4.46. The minimum atomic E-state index is -1.11. The molecule has 2 amide bonds. The summed E-state index contributed by atoms with van der Waals surface area (Å²) >= 11 is 6.00. The zero-order valence-corrected chi connectivity index (χ0v) is 13.3. The fourth-order valence-electron chi connectivity index (χ4n) is 2.41. The van der Waals surface area contributed by atoms with Crippen LogP contribution < -0.4 is 15.4 Å². The molecule has 1 fully saturated rings. The standard InChI is InChI=1S/C15H17ClN2O5/c1-17-13(21)15(5-2-6-15)14(22)18-9-3-4-11(10(16)7-9)23-8-12(19)20/h3-4,7H,2,5-6,8H2,1H3,(H,17,21)(H,18,22)(H,19,20). The van der Waals surface area contributed by atoms with Crippen LogP contribution in [-0.2, 0) is 14.4 Å². The number of nitrogens with one attached hydrogen (secondary N) is 2. The number of ether oxygens (including phenoxy) is 1. The predicted octanol–water partition coefficient (Wildman–Crippen LogP) is 1.66. The van der Waals surface area contributed by atoms with Crippen molar-refractivity contribution in [1.29, 1.82) is 0 Å². The molecule has 1 saturated carbocycles. The van der Waals surface area contributed by atoms with Crippen LogP contribution in [0, 0.1) is 5.41 Å². The molecule has 23 heavy (non-hydrogen) atoms. The summed E-state index contributed by atoms with van der Waals surface area (Å²) in [4.78, 5) is 34.8. The average molecular weight is 341 g/mol. The number of rotatable bonds is 6. The van der Waals surface area contributed by atoms with Gasteiger partial charge >= 0.3 is 5.97 Å². The maximum atomic E-state index is 12.4. The van der Waals surface area contributed by atoms with Gasteiger partial charge in [-0.15, -0.1) is 0 Å². The molecule has 8 heteroatoms. The summed E-state index contributed by atoms with van der Waals surface area (Å²) in [6.07, 6.45) is 1.83. The van der Waals surface area contributed by atoms with Gasteiger partial charge in [-0.2, -0.15) is 0 Å². The van der Waals surface area contributed by atoms with E-state index in [0.717, 1.165) is 6.42 Å². The Morgan fingerprint density at radius 1 is 1.30 bits per heavy atom. The highest BCUT2D eigenvalue weighted by Gasteiger charge is 2.50. The first-order valence-corrected chi connectivity index (χ1v) is 7.44. The van der Waals surface area contributed by atoms with Gasteiger partial charge in [-0.1, -0.05) is 18.0 Å². The number of anilines is 1. The first kappa shape index (κ1) is 17.1. The van der Waals surface area contributed by atoms with Crippen LogP contribution in [0.15, 0.2) is 18.2 Å². The molecule has 0 aromatic heterocycles. The SMILES string of the molecule is CNC(=O)C1(C(=O)Nc2ccc(OCC(=O)O)c(Cl)c2)CCC1. The van der Waals surface area contributed by atoms with Gasteiger partial charge in [-0.25, -0.2) is 4.79 Å². The molecule has 0 atom stereocenters. The number of hydrogen-bond acceptors (Lipinski definition) is 4. The van der Waals surface area contributed by atoms with Crippen molar-refractivity contribution in [3.63, 3.8) is 0 Å². The number of benzene rings is 1. The highest BCUT2D eigenvalue weighted by molar-refractivity contribution is 6.32. The highest BCUT2D eigenvalue weighted by Crippen LogP contribution is 2.42. The smallest absolute Gasteiger partial charge is 0.341 e. The third-order valence-electron chi connectivity index (χ3n) is 3.84. The van der Waals surface area contributed by atoms with E-state index in [0.29, 0.717) is 18.5 Å². The highest BCUT2D eigenvalue weighted by atomic mass is 35.5. The minimum Gasteiger partial charge on any atom is -0.480 e. The van der Waals surface area contributed by atoms with E-state index in [9.17, 15) is 14.4 Å². The van der Waals surface area contributed by atoms with Crippen LogP contribution in [0.1, 0.15) is 19.3 Å². The van der Waals surface area contributed by atoms with Crippen molar-refractivity contribution < 1.29 is 24.2 Å². The van der Waals surface area contributed by atoms with Gasteiger partial charge < -0.3 is 20.5 Å². The van der Waals surface area contributed by atoms with Crippen LogP contribution in [0.3, 0.4) is 0 Å². The van der Waals surface area contributed by atoms with Crippen molar-refractivity contribution in [2.45, 2.75) is 19.3 Å². The molecule has 1 aliphatic carbocycles. The molecule has 1 aliphatic rings. The van der Waals surface area contributed by atoms with Crippen LogP contribution in [0.2, 0.25) is 5.02 Å². The molecule has 1 aromatic carbocycles. The summed E-state index contributed by atoms with van der Waals surface area (Å²) in [5, 5.41) is 13.9. The molecule has 2 rings (SSSR count). The fourth-order valence-corrected chi connectivity index (χ4v) is 2.65. The van der Waals surface area contributed by atoms with Gasteiger partial charge in [0.25, 0.3) is 0 Å². The Morgan fingerprint density at radius 2 is 2.00 bits per heavy atom. The molecule has 0 unspecified atom stereocenters. The van der Waals surface area contributed by atoms with Gasteiger partial charge in [0.15, 0.2) is 6.61 Å². The molecule has 0 aliphatic heterocycles. The van der Waals surface area contributed by atoms with Gasteiger partial charge in [0.1, 0.15) is 11.2 Å². The molecular weight excluding hydrogens is 324 g/mol. The number of carboxylic acids is 1. The summed E-state index contributed by atoms with van der Waals surface area (Å²) in [5.41, 5.74) is -0.613. The lowest BCUT2D eigenvalue weighted by molar-refractivity contribution is -0.146. The van der Waals surface area contributed by atoms with Crippen LogP contribution in [0.4, 0.5) is 5.69 Å². The first-order valence-electron chi connectivity index (χ1n) is 7.07. The Balaban J connectivity index is 2.08. The van der Waals surface area contributed by atoms with Gasteiger partial charge in [0, 0.05) is 12.7 Å². The Kier molecular flexibility index (Phi) is 5.10. The van der Waals surface area contributed by atoms with E-state index < -0.39 is 18.0 Å². The van der Waals surface area contributed by atoms with Crippen LogP contribution in [-0.4, -0.2) is 36.5 Å². The van der Waals surface area contributed by atoms with E-state index in [2.05, 4.69) is 10.6 Å². The zero-order chi connectivity index (χ0) is 17.0. The quantitative estimate of drug-likeness (QED) is 0.683. The Labute approximate surface area is 138 Å². The van der Waals surface area contributed by atoms with Crippen LogP contribution >= 0.6 is 11.6 Å². The van der Waals surface area contributed by atoms with Gasteiger partial charge in [0.2, 0.25) is 11.8 Å². The number of aliphatic carboxylic acids is 1. The zero-order valence-electron chi connectivity index (χ0n) is 12.5. The third-order valence-corrected chi connectivity index (χ3v) is 4.14. The summed E-state index contributed by atoms with van der Waals surface area (Å²) in [5.74, 6) is -1.58. The van der Waals surface area contributed by atoms with Gasteiger partial charge in [-0.05, 0) is 31.0 Å². The van der Waals surface area contributed by atoms with Crippen LogP contribution in [0.5, 0.6) is 5.75 Å².